The fourth-order valence-corrected chi connectivity index (χ4v) is 2.91. The summed E-state index contributed by atoms with van der Waals surface area (Å²) in [5.41, 5.74) is 2.61. The standard InChI is InChI=1S/C17H20N2O3S/c1-11-5-6-13(12(2)10-11)19-17(22)16(21)18-8-7-14(20)15-4-3-9-23-15/h3-6,9-10,14,20H,7-8H2,1-2H3,(H,18,21)(H,19,22). The van der Waals surface area contributed by atoms with Crippen LogP contribution >= 0.6 is 11.3 Å². The van der Waals surface area contributed by atoms with Crippen molar-refractivity contribution in [2.24, 2.45) is 0 Å². The van der Waals surface area contributed by atoms with E-state index in [2.05, 4.69) is 10.6 Å². The number of hydrogen-bond acceptors (Lipinski definition) is 4. The average molecular weight is 332 g/mol. The van der Waals surface area contributed by atoms with Gasteiger partial charge in [0.05, 0.1) is 6.10 Å². The maximum atomic E-state index is 11.9. The molecule has 0 aliphatic carbocycles. The molecule has 6 heteroatoms. The Morgan fingerprint density at radius 1 is 1.22 bits per heavy atom. The number of benzene rings is 1. The van der Waals surface area contributed by atoms with E-state index in [-0.39, 0.29) is 6.54 Å². The van der Waals surface area contributed by atoms with Crippen LogP contribution < -0.4 is 10.6 Å². The molecule has 0 aliphatic heterocycles. The minimum absolute atomic E-state index is 0.234. The summed E-state index contributed by atoms with van der Waals surface area (Å²) in [6.45, 7) is 4.07. The lowest BCUT2D eigenvalue weighted by molar-refractivity contribution is -0.136. The summed E-state index contributed by atoms with van der Waals surface area (Å²) >= 11 is 1.46. The number of carbonyl (C=O) groups excluding carboxylic acids is 2. The zero-order valence-corrected chi connectivity index (χ0v) is 13.9. The molecule has 1 unspecified atom stereocenters. The number of hydrogen-bond donors (Lipinski definition) is 3. The molecule has 0 saturated carbocycles. The Morgan fingerprint density at radius 2 is 2.00 bits per heavy atom. The topological polar surface area (TPSA) is 78.4 Å². The molecule has 2 rings (SSSR count). The molecular weight excluding hydrogens is 312 g/mol. The molecule has 1 heterocycles. The molecule has 23 heavy (non-hydrogen) atoms. The van der Waals surface area contributed by atoms with Crippen LogP contribution in [0, 0.1) is 13.8 Å². The van der Waals surface area contributed by atoms with E-state index in [4.69, 9.17) is 0 Å². The van der Waals surface area contributed by atoms with Gasteiger partial charge in [-0.15, -0.1) is 11.3 Å². The largest absolute Gasteiger partial charge is 0.388 e. The van der Waals surface area contributed by atoms with Gasteiger partial charge in [0.15, 0.2) is 0 Å². The zero-order valence-electron chi connectivity index (χ0n) is 13.1. The van der Waals surface area contributed by atoms with Crippen molar-refractivity contribution >= 4 is 28.8 Å². The Labute approximate surface area is 139 Å². The summed E-state index contributed by atoms with van der Waals surface area (Å²) in [6, 6.07) is 9.28. The van der Waals surface area contributed by atoms with Gasteiger partial charge in [0, 0.05) is 17.1 Å². The van der Waals surface area contributed by atoms with Gasteiger partial charge >= 0.3 is 11.8 Å². The fraction of sp³-hybridized carbons (Fsp3) is 0.294. The first-order chi connectivity index (χ1) is 11.0. The summed E-state index contributed by atoms with van der Waals surface area (Å²) in [5, 5.41) is 16.9. The van der Waals surface area contributed by atoms with Crippen LogP contribution in [-0.4, -0.2) is 23.5 Å². The summed E-state index contributed by atoms with van der Waals surface area (Å²) in [6.07, 6.45) is -0.263. The van der Waals surface area contributed by atoms with E-state index in [0.717, 1.165) is 16.0 Å². The Balaban J connectivity index is 1.80. The normalized spacial score (nSPS) is 11.8. The van der Waals surface area contributed by atoms with Crippen molar-refractivity contribution in [1.29, 1.82) is 0 Å². The summed E-state index contributed by atoms with van der Waals surface area (Å²) in [5.74, 6) is -1.41. The van der Waals surface area contributed by atoms with Gasteiger partial charge in [0.2, 0.25) is 0 Å². The maximum Gasteiger partial charge on any atom is 0.313 e. The molecule has 1 aromatic heterocycles. The molecule has 1 atom stereocenters. The lowest BCUT2D eigenvalue weighted by Gasteiger charge is -2.11. The van der Waals surface area contributed by atoms with Crippen molar-refractivity contribution < 1.29 is 14.7 Å². The predicted molar refractivity (Wildman–Crippen MR) is 91.5 cm³/mol. The van der Waals surface area contributed by atoms with Crippen molar-refractivity contribution in [3.05, 3.63) is 51.7 Å². The SMILES string of the molecule is Cc1ccc(NC(=O)C(=O)NCCC(O)c2cccs2)c(C)c1. The highest BCUT2D eigenvalue weighted by Gasteiger charge is 2.15. The van der Waals surface area contributed by atoms with E-state index in [1.807, 2.05) is 43.5 Å². The van der Waals surface area contributed by atoms with Gasteiger partial charge in [-0.25, -0.2) is 0 Å². The number of aliphatic hydroxyl groups excluding tert-OH is 1. The van der Waals surface area contributed by atoms with Gasteiger partial charge in [-0.3, -0.25) is 9.59 Å². The van der Waals surface area contributed by atoms with Gasteiger partial charge in [0.25, 0.3) is 0 Å². The zero-order chi connectivity index (χ0) is 16.8. The molecule has 0 fully saturated rings. The van der Waals surface area contributed by atoms with Gasteiger partial charge in [-0.1, -0.05) is 23.8 Å². The third kappa shape index (κ3) is 4.91. The van der Waals surface area contributed by atoms with Crippen LogP contribution in [0.4, 0.5) is 5.69 Å². The van der Waals surface area contributed by atoms with Crippen LogP contribution in [0.2, 0.25) is 0 Å². The highest BCUT2D eigenvalue weighted by molar-refractivity contribution is 7.10. The molecule has 0 saturated heterocycles. The second-order valence-corrected chi connectivity index (χ2v) is 6.33. The molecular formula is C17H20N2O3S. The second-order valence-electron chi connectivity index (χ2n) is 5.35. The molecule has 0 aliphatic rings. The van der Waals surface area contributed by atoms with Gasteiger partial charge in [-0.05, 0) is 43.3 Å². The number of thiophene rings is 1. The van der Waals surface area contributed by atoms with Crippen molar-refractivity contribution in [2.45, 2.75) is 26.4 Å². The molecule has 0 bridgehead atoms. The number of carbonyl (C=O) groups is 2. The van der Waals surface area contributed by atoms with E-state index >= 15 is 0 Å². The Morgan fingerprint density at radius 3 is 2.65 bits per heavy atom. The summed E-state index contributed by atoms with van der Waals surface area (Å²) in [4.78, 5) is 24.5. The molecule has 1 aromatic carbocycles. The third-order valence-corrected chi connectivity index (χ3v) is 4.38. The number of rotatable bonds is 5. The maximum absolute atomic E-state index is 11.9. The van der Waals surface area contributed by atoms with E-state index < -0.39 is 17.9 Å². The van der Waals surface area contributed by atoms with Crippen LogP contribution in [0.25, 0.3) is 0 Å². The summed E-state index contributed by atoms with van der Waals surface area (Å²) in [7, 11) is 0. The second kappa shape index (κ2) is 7.89. The minimum atomic E-state index is -0.706. The Bertz CT molecular complexity index is 683. The number of aryl methyl sites for hydroxylation is 2. The summed E-state index contributed by atoms with van der Waals surface area (Å²) < 4.78 is 0. The molecule has 2 amide bonds. The van der Waals surface area contributed by atoms with Gasteiger partial charge in [0.1, 0.15) is 0 Å². The lowest BCUT2D eigenvalue weighted by Crippen LogP contribution is -2.36. The number of nitrogens with one attached hydrogen (secondary N) is 2. The Kier molecular flexibility index (Phi) is 5.90. The first-order valence-corrected chi connectivity index (χ1v) is 8.23. The monoisotopic (exact) mass is 332 g/mol. The Hall–Kier alpha value is -2.18. The fourth-order valence-electron chi connectivity index (χ4n) is 2.16. The van der Waals surface area contributed by atoms with Crippen LogP contribution in [0.3, 0.4) is 0 Å². The third-order valence-electron chi connectivity index (χ3n) is 3.41. The van der Waals surface area contributed by atoms with Crippen molar-refractivity contribution in [2.75, 3.05) is 11.9 Å². The van der Waals surface area contributed by atoms with Gasteiger partial charge < -0.3 is 15.7 Å². The van der Waals surface area contributed by atoms with E-state index in [1.54, 1.807) is 6.07 Å². The highest BCUT2D eigenvalue weighted by atomic mass is 32.1. The quantitative estimate of drug-likeness (QED) is 0.736. The molecule has 3 N–H and O–H groups in total. The van der Waals surface area contributed by atoms with Crippen molar-refractivity contribution in [1.82, 2.24) is 5.32 Å². The minimum Gasteiger partial charge on any atom is -0.388 e. The smallest absolute Gasteiger partial charge is 0.313 e. The van der Waals surface area contributed by atoms with Crippen molar-refractivity contribution in [3.8, 4) is 0 Å². The van der Waals surface area contributed by atoms with Gasteiger partial charge in [-0.2, -0.15) is 0 Å². The predicted octanol–water partition coefficient (Wildman–Crippen LogP) is 2.54. The molecule has 5 nitrogen and oxygen atoms in total. The first-order valence-electron chi connectivity index (χ1n) is 7.35. The number of aliphatic hydroxyl groups is 1. The van der Waals surface area contributed by atoms with Crippen LogP contribution in [0.15, 0.2) is 35.7 Å². The highest BCUT2D eigenvalue weighted by Crippen LogP contribution is 2.21. The van der Waals surface area contributed by atoms with Crippen LogP contribution in [-0.2, 0) is 9.59 Å². The van der Waals surface area contributed by atoms with Crippen molar-refractivity contribution in [3.63, 3.8) is 0 Å². The van der Waals surface area contributed by atoms with E-state index in [1.165, 1.54) is 11.3 Å². The van der Waals surface area contributed by atoms with E-state index in [0.29, 0.717) is 12.1 Å². The first kappa shape index (κ1) is 17.2. The van der Waals surface area contributed by atoms with Crippen LogP contribution in [0.1, 0.15) is 28.5 Å². The molecule has 2 aromatic rings. The lowest BCUT2D eigenvalue weighted by atomic mass is 10.1. The average Bonchev–Trinajstić information content (AvgIpc) is 3.04. The van der Waals surface area contributed by atoms with Crippen LogP contribution in [0.5, 0.6) is 0 Å². The number of anilines is 1. The molecule has 0 radical (unpaired) electrons. The number of amides is 2. The van der Waals surface area contributed by atoms with E-state index in [9.17, 15) is 14.7 Å². The molecule has 122 valence electrons. The molecule has 0 spiro atoms.